The Balaban J connectivity index is 2.07. The zero-order chi connectivity index (χ0) is 11.7. The average molecular weight is 223 g/mol. The normalized spacial score (nSPS) is 15.8. The number of rotatable bonds is 2. The molecule has 0 aromatic heterocycles. The van der Waals surface area contributed by atoms with Crippen LogP contribution in [0.5, 0.6) is 0 Å². The fourth-order valence-electron chi connectivity index (χ4n) is 1.49. The molecule has 1 aromatic carbocycles. The molecule has 0 spiro atoms. The summed E-state index contributed by atoms with van der Waals surface area (Å²) in [7, 11) is 0. The van der Waals surface area contributed by atoms with Gasteiger partial charge in [-0.25, -0.2) is 4.39 Å². The number of ketones is 1. The van der Waals surface area contributed by atoms with Gasteiger partial charge in [-0.1, -0.05) is 0 Å². The number of hydrogen-bond donors (Lipinski definition) is 1. The van der Waals surface area contributed by atoms with Crippen LogP contribution in [0.4, 0.5) is 4.39 Å². The molecule has 1 saturated heterocycles. The minimum Gasteiger partial charge on any atom is -0.389 e. The summed E-state index contributed by atoms with van der Waals surface area (Å²) in [4.78, 5) is 24.4. The average Bonchev–Trinajstić information content (AvgIpc) is 2.24. The minimum absolute atomic E-state index is 0.160. The van der Waals surface area contributed by atoms with Crippen molar-refractivity contribution >= 4 is 11.7 Å². The van der Waals surface area contributed by atoms with Gasteiger partial charge in [-0.05, 0) is 24.3 Å². The monoisotopic (exact) mass is 223 g/mol. The van der Waals surface area contributed by atoms with Crippen LogP contribution in [0.2, 0.25) is 0 Å². The Morgan fingerprint density at radius 2 is 1.81 bits per heavy atom. The van der Waals surface area contributed by atoms with Crippen LogP contribution in [0.25, 0.3) is 0 Å². The van der Waals surface area contributed by atoms with Gasteiger partial charge < -0.3 is 10.0 Å². The smallest absolute Gasteiger partial charge is 0.295 e. The lowest BCUT2D eigenvalue weighted by molar-refractivity contribution is -0.136. The van der Waals surface area contributed by atoms with Crippen LogP contribution in [0.3, 0.4) is 0 Å². The van der Waals surface area contributed by atoms with Crippen molar-refractivity contribution in [1.82, 2.24) is 4.90 Å². The van der Waals surface area contributed by atoms with E-state index in [9.17, 15) is 14.0 Å². The van der Waals surface area contributed by atoms with Crippen LogP contribution in [0.1, 0.15) is 10.4 Å². The van der Waals surface area contributed by atoms with E-state index in [1.165, 1.54) is 17.0 Å². The van der Waals surface area contributed by atoms with Crippen LogP contribution in [-0.4, -0.2) is 40.9 Å². The van der Waals surface area contributed by atoms with Gasteiger partial charge in [0.15, 0.2) is 0 Å². The second-order valence-electron chi connectivity index (χ2n) is 3.70. The lowest BCUT2D eigenvalue weighted by Gasteiger charge is -2.35. The highest BCUT2D eigenvalue weighted by Gasteiger charge is 2.32. The van der Waals surface area contributed by atoms with Gasteiger partial charge in [-0.15, -0.1) is 0 Å². The fraction of sp³-hybridized carbons (Fsp3) is 0.273. The first kappa shape index (κ1) is 10.8. The van der Waals surface area contributed by atoms with Gasteiger partial charge in [0.25, 0.3) is 5.91 Å². The molecule has 16 heavy (non-hydrogen) atoms. The Morgan fingerprint density at radius 3 is 2.31 bits per heavy atom. The lowest BCUT2D eigenvalue weighted by atomic mass is 10.1. The van der Waals surface area contributed by atoms with Crippen molar-refractivity contribution < 1.29 is 19.1 Å². The van der Waals surface area contributed by atoms with E-state index in [1.807, 2.05) is 0 Å². The highest BCUT2D eigenvalue weighted by atomic mass is 19.1. The van der Waals surface area contributed by atoms with E-state index in [4.69, 9.17) is 5.11 Å². The summed E-state index contributed by atoms with van der Waals surface area (Å²) in [5, 5.41) is 9.00. The quantitative estimate of drug-likeness (QED) is 0.576. The molecule has 0 saturated carbocycles. The number of nitrogens with zero attached hydrogens (tertiary/aromatic N) is 1. The molecule has 0 aliphatic carbocycles. The Hall–Kier alpha value is -1.75. The van der Waals surface area contributed by atoms with Crippen molar-refractivity contribution in [2.24, 2.45) is 0 Å². The van der Waals surface area contributed by atoms with Gasteiger partial charge in [0.05, 0.1) is 6.10 Å². The summed E-state index contributed by atoms with van der Waals surface area (Å²) >= 11 is 0. The molecule has 1 fully saturated rings. The van der Waals surface area contributed by atoms with Crippen LogP contribution in [0, 0.1) is 5.82 Å². The van der Waals surface area contributed by atoms with Gasteiger partial charge in [-0.2, -0.15) is 0 Å². The molecule has 0 radical (unpaired) electrons. The molecule has 84 valence electrons. The molecule has 1 amide bonds. The fourth-order valence-corrected chi connectivity index (χ4v) is 1.49. The SMILES string of the molecule is O=C(C(=O)N1CC(O)C1)c1ccc(F)cc1. The molecule has 0 unspecified atom stereocenters. The molecular weight excluding hydrogens is 213 g/mol. The molecule has 1 aliphatic rings. The van der Waals surface area contributed by atoms with Crippen molar-refractivity contribution in [3.8, 4) is 0 Å². The van der Waals surface area contributed by atoms with E-state index in [1.54, 1.807) is 0 Å². The third kappa shape index (κ3) is 1.94. The minimum atomic E-state index is -0.674. The van der Waals surface area contributed by atoms with Gasteiger partial charge >= 0.3 is 0 Å². The number of likely N-dealkylation sites (tertiary alicyclic amines) is 1. The number of amides is 1. The van der Waals surface area contributed by atoms with Gasteiger partial charge in [0, 0.05) is 18.7 Å². The predicted molar refractivity (Wildman–Crippen MR) is 53.3 cm³/mol. The topological polar surface area (TPSA) is 57.6 Å². The van der Waals surface area contributed by atoms with E-state index in [0.29, 0.717) is 0 Å². The first-order chi connectivity index (χ1) is 7.58. The summed E-state index contributed by atoms with van der Waals surface area (Å²) in [5.41, 5.74) is 0.160. The number of carbonyl (C=O) groups is 2. The Morgan fingerprint density at radius 1 is 1.25 bits per heavy atom. The molecule has 0 atom stereocenters. The molecule has 4 nitrogen and oxygen atoms in total. The molecule has 1 aliphatic heterocycles. The second-order valence-corrected chi connectivity index (χ2v) is 3.70. The van der Waals surface area contributed by atoms with Gasteiger partial charge in [0.2, 0.25) is 5.78 Å². The number of halogens is 1. The largest absolute Gasteiger partial charge is 0.389 e. The standard InChI is InChI=1S/C11H10FNO3/c12-8-3-1-7(2-4-8)10(15)11(16)13-5-9(14)6-13/h1-4,9,14H,5-6H2. The number of β-amino-alcohol motifs (C(OH)–C–C–N with tert-alkyl or cyclic N) is 1. The van der Waals surface area contributed by atoms with Crippen molar-refractivity contribution in [2.45, 2.75) is 6.10 Å². The van der Waals surface area contributed by atoms with E-state index in [0.717, 1.165) is 12.1 Å². The summed E-state index contributed by atoms with van der Waals surface area (Å²) in [5.74, 6) is -1.79. The van der Waals surface area contributed by atoms with Gasteiger partial charge in [0.1, 0.15) is 5.82 Å². The maximum atomic E-state index is 12.6. The van der Waals surface area contributed by atoms with Crippen LogP contribution in [0.15, 0.2) is 24.3 Å². The number of hydrogen-bond acceptors (Lipinski definition) is 3. The zero-order valence-corrected chi connectivity index (χ0v) is 8.39. The van der Waals surface area contributed by atoms with E-state index in [2.05, 4.69) is 0 Å². The molecular formula is C11H10FNO3. The third-order valence-corrected chi connectivity index (χ3v) is 2.45. The van der Waals surface area contributed by atoms with E-state index < -0.39 is 23.6 Å². The molecule has 5 heteroatoms. The first-order valence-corrected chi connectivity index (χ1v) is 4.85. The Labute approximate surface area is 91.3 Å². The first-order valence-electron chi connectivity index (χ1n) is 4.85. The number of carbonyl (C=O) groups excluding carboxylic acids is 2. The lowest BCUT2D eigenvalue weighted by Crippen LogP contribution is -2.55. The number of aliphatic hydroxyl groups is 1. The maximum Gasteiger partial charge on any atom is 0.295 e. The molecule has 1 heterocycles. The van der Waals surface area contributed by atoms with Crippen molar-refractivity contribution in [3.63, 3.8) is 0 Å². The van der Waals surface area contributed by atoms with Crippen molar-refractivity contribution in [3.05, 3.63) is 35.6 Å². The zero-order valence-electron chi connectivity index (χ0n) is 8.39. The molecule has 0 bridgehead atoms. The van der Waals surface area contributed by atoms with Crippen LogP contribution >= 0.6 is 0 Å². The molecule has 2 rings (SSSR count). The highest BCUT2D eigenvalue weighted by Crippen LogP contribution is 2.11. The summed E-state index contributed by atoms with van der Waals surface area (Å²) in [6, 6.07) is 4.80. The number of Topliss-reactive ketones (excluding diaryl/α,β-unsaturated/α-hetero) is 1. The highest BCUT2D eigenvalue weighted by molar-refractivity contribution is 6.42. The van der Waals surface area contributed by atoms with E-state index >= 15 is 0 Å². The van der Waals surface area contributed by atoms with Crippen molar-refractivity contribution in [2.75, 3.05) is 13.1 Å². The predicted octanol–water partition coefficient (Wildman–Crippen LogP) is 0.211. The maximum absolute atomic E-state index is 12.6. The van der Waals surface area contributed by atoms with Crippen LogP contribution < -0.4 is 0 Å². The third-order valence-electron chi connectivity index (χ3n) is 2.45. The summed E-state index contributed by atoms with van der Waals surface area (Å²) in [6.07, 6.45) is -0.537. The van der Waals surface area contributed by atoms with Crippen LogP contribution in [-0.2, 0) is 4.79 Å². The molecule has 1 aromatic rings. The van der Waals surface area contributed by atoms with E-state index in [-0.39, 0.29) is 18.7 Å². The Kier molecular flexibility index (Phi) is 2.70. The van der Waals surface area contributed by atoms with Crippen molar-refractivity contribution in [1.29, 1.82) is 0 Å². The molecule has 1 N–H and O–H groups in total. The summed E-state index contributed by atoms with van der Waals surface area (Å²) < 4.78 is 12.6. The van der Waals surface area contributed by atoms with Gasteiger partial charge in [-0.3, -0.25) is 9.59 Å². The second kappa shape index (κ2) is 4.02. The number of benzene rings is 1. The Bertz CT molecular complexity index is 423. The summed E-state index contributed by atoms with van der Waals surface area (Å²) in [6.45, 7) is 0.373. The number of aliphatic hydroxyl groups excluding tert-OH is 1.